The molecule has 0 amide bonds. The number of alkyl halides is 6. The number of hydrogen-bond donors (Lipinski definition) is 1. The molecule has 0 aliphatic rings. The molecule has 106 valence electrons. The Balaban J connectivity index is 3.46. The van der Waals surface area contributed by atoms with E-state index in [1.165, 1.54) is 0 Å². The van der Waals surface area contributed by atoms with E-state index in [9.17, 15) is 26.7 Å². The van der Waals surface area contributed by atoms with E-state index >= 15 is 0 Å². The predicted molar refractivity (Wildman–Crippen MR) is 52.4 cm³/mol. The van der Waals surface area contributed by atoms with Gasteiger partial charge in [-0.05, 0) is 0 Å². The summed E-state index contributed by atoms with van der Waals surface area (Å²) in [6, 6.07) is 0. The smallest absolute Gasteiger partial charge is 0.477 e. The highest BCUT2D eigenvalue weighted by molar-refractivity contribution is 6.17. The highest BCUT2D eigenvalue weighted by Crippen LogP contribution is 2.36. The van der Waals surface area contributed by atoms with Crippen molar-refractivity contribution in [3.63, 3.8) is 0 Å². The Morgan fingerprint density at radius 1 is 1.47 bits per heavy atom. The lowest BCUT2D eigenvalue weighted by Crippen LogP contribution is -2.20. The number of aromatic carboxylic acids is 1. The Morgan fingerprint density at radius 2 is 2.05 bits per heavy atom. The summed E-state index contributed by atoms with van der Waals surface area (Å²) >= 11 is 5.30. The molecule has 10 heteroatoms. The zero-order valence-electron chi connectivity index (χ0n) is 8.84. The van der Waals surface area contributed by atoms with Crippen LogP contribution < -0.4 is 4.74 Å². The van der Waals surface area contributed by atoms with Gasteiger partial charge < -0.3 is 9.84 Å². The first kappa shape index (κ1) is 15.4. The van der Waals surface area contributed by atoms with Crippen molar-refractivity contribution in [2.24, 2.45) is 0 Å². The van der Waals surface area contributed by atoms with Crippen LogP contribution in [0.15, 0.2) is 6.20 Å². The Bertz CT molecular complexity index is 491. The maximum Gasteiger partial charge on any atom is 0.573 e. The monoisotopic (exact) mass is 305 g/mol. The van der Waals surface area contributed by atoms with Crippen LogP contribution in [0.25, 0.3) is 0 Å². The third-order valence-electron chi connectivity index (χ3n) is 1.97. The molecule has 0 fully saturated rings. The highest BCUT2D eigenvalue weighted by Gasteiger charge is 2.35. The minimum Gasteiger partial charge on any atom is -0.477 e. The van der Waals surface area contributed by atoms with Crippen LogP contribution in [0.3, 0.4) is 0 Å². The molecule has 19 heavy (non-hydrogen) atoms. The topological polar surface area (TPSA) is 59.4 Å². The van der Waals surface area contributed by atoms with Gasteiger partial charge in [-0.3, -0.25) is 0 Å². The maximum absolute atomic E-state index is 12.8. The van der Waals surface area contributed by atoms with Gasteiger partial charge in [-0.25, -0.2) is 18.6 Å². The number of carbonyl (C=O) groups is 1. The minimum absolute atomic E-state index is 0.272. The van der Waals surface area contributed by atoms with Crippen molar-refractivity contribution in [1.82, 2.24) is 4.98 Å². The van der Waals surface area contributed by atoms with Gasteiger partial charge in [-0.15, -0.1) is 24.8 Å². The number of pyridine rings is 1. The van der Waals surface area contributed by atoms with Gasteiger partial charge in [0, 0.05) is 5.56 Å². The standard InChI is InChI=1S/C9H5ClF5NO3/c10-1-3-5(7(11)12)4(19-9(13,14)15)2-16-6(3)8(17)18/h2,7H,1H2,(H,17,18). The second-order valence-corrected chi connectivity index (χ2v) is 3.42. The van der Waals surface area contributed by atoms with Gasteiger partial charge in [-0.2, -0.15) is 0 Å². The largest absolute Gasteiger partial charge is 0.573 e. The van der Waals surface area contributed by atoms with E-state index in [4.69, 9.17) is 16.7 Å². The van der Waals surface area contributed by atoms with E-state index in [2.05, 4.69) is 9.72 Å². The van der Waals surface area contributed by atoms with Gasteiger partial charge in [-0.1, -0.05) is 0 Å². The van der Waals surface area contributed by atoms with Crippen LogP contribution in [0, 0.1) is 0 Å². The average molecular weight is 306 g/mol. The minimum atomic E-state index is -5.21. The number of carboxylic acid groups (broad SMARTS) is 1. The molecular weight excluding hydrogens is 301 g/mol. The Morgan fingerprint density at radius 3 is 2.42 bits per heavy atom. The van der Waals surface area contributed by atoms with E-state index in [0.29, 0.717) is 0 Å². The molecule has 0 bridgehead atoms. The summed E-state index contributed by atoms with van der Waals surface area (Å²) < 4.78 is 65.0. The van der Waals surface area contributed by atoms with Crippen molar-refractivity contribution in [3.8, 4) is 5.75 Å². The molecule has 1 aromatic rings. The lowest BCUT2D eigenvalue weighted by molar-refractivity contribution is -0.275. The molecule has 0 atom stereocenters. The summed E-state index contributed by atoms with van der Waals surface area (Å²) in [5.41, 5.74) is -2.80. The van der Waals surface area contributed by atoms with Gasteiger partial charge in [0.1, 0.15) is 0 Å². The fourth-order valence-electron chi connectivity index (χ4n) is 1.31. The van der Waals surface area contributed by atoms with Crippen molar-refractivity contribution in [3.05, 3.63) is 23.0 Å². The second-order valence-electron chi connectivity index (χ2n) is 3.15. The van der Waals surface area contributed by atoms with Crippen LogP contribution in [0.2, 0.25) is 0 Å². The van der Waals surface area contributed by atoms with Gasteiger partial charge in [0.25, 0.3) is 6.43 Å². The van der Waals surface area contributed by atoms with Crippen molar-refractivity contribution in [2.75, 3.05) is 0 Å². The number of nitrogens with zero attached hydrogens (tertiary/aromatic N) is 1. The van der Waals surface area contributed by atoms with Crippen molar-refractivity contribution in [2.45, 2.75) is 18.7 Å². The van der Waals surface area contributed by atoms with Crippen LogP contribution in [-0.2, 0) is 5.88 Å². The molecule has 1 heterocycles. The number of carboxylic acids is 1. The number of halogens is 6. The summed E-state index contributed by atoms with van der Waals surface area (Å²) in [6.45, 7) is 0. The molecule has 4 nitrogen and oxygen atoms in total. The summed E-state index contributed by atoms with van der Waals surface area (Å²) in [5.74, 6) is -3.71. The first-order valence-electron chi connectivity index (χ1n) is 4.52. The van der Waals surface area contributed by atoms with Crippen LogP contribution in [-0.4, -0.2) is 22.4 Å². The molecule has 1 rings (SSSR count). The fraction of sp³-hybridized carbons (Fsp3) is 0.333. The zero-order valence-corrected chi connectivity index (χ0v) is 9.60. The third-order valence-corrected chi connectivity index (χ3v) is 2.23. The van der Waals surface area contributed by atoms with Gasteiger partial charge >= 0.3 is 12.3 Å². The molecule has 0 aliphatic heterocycles. The molecule has 0 saturated heterocycles. The van der Waals surface area contributed by atoms with E-state index in [-0.39, 0.29) is 6.20 Å². The Kier molecular flexibility index (Phi) is 4.51. The quantitative estimate of drug-likeness (QED) is 0.684. The summed E-state index contributed by atoms with van der Waals surface area (Å²) in [6.07, 6.45) is -8.33. The van der Waals surface area contributed by atoms with Crippen molar-refractivity contribution < 1.29 is 36.6 Å². The van der Waals surface area contributed by atoms with Crippen LogP contribution in [0.5, 0.6) is 5.75 Å². The molecule has 0 saturated carbocycles. The molecule has 1 N–H and O–H groups in total. The first-order chi connectivity index (χ1) is 8.67. The van der Waals surface area contributed by atoms with Gasteiger partial charge in [0.05, 0.1) is 17.6 Å². The molecule has 0 unspecified atom stereocenters. The number of ether oxygens (including phenoxy) is 1. The van der Waals surface area contributed by atoms with Gasteiger partial charge in [0.15, 0.2) is 11.4 Å². The molecule has 0 spiro atoms. The van der Waals surface area contributed by atoms with Gasteiger partial charge in [0.2, 0.25) is 0 Å². The van der Waals surface area contributed by atoms with Crippen LogP contribution >= 0.6 is 11.6 Å². The average Bonchev–Trinajstić information content (AvgIpc) is 2.25. The molecule has 0 aromatic carbocycles. The SMILES string of the molecule is O=C(O)c1ncc(OC(F)(F)F)c(C(F)F)c1CCl. The zero-order chi connectivity index (χ0) is 14.8. The van der Waals surface area contributed by atoms with E-state index in [0.717, 1.165) is 0 Å². The normalized spacial score (nSPS) is 11.7. The summed E-state index contributed by atoms with van der Waals surface area (Å²) in [7, 11) is 0. The lowest BCUT2D eigenvalue weighted by Gasteiger charge is -2.16. The van der Waals surface area contributed by atoms with Crippen molar-refractivity contribution >= 4 is 17.6 Å². The maximum atomic E-state index is 12.8. The molecule has 0 radical (unpaired) electrons. The molecular formula is C9H5ClF5NO3. The van der Waals surface area contributed by atoms with E-state index in [1.807, 2.05) is 0 Å². The number of rotatable bonds is 4. The highest BCUT2D eigenvalue weighted by atomic mass is 35.5. The van der Waals surface area contributed by atoms with Crippen molar-refractivity contribution in [1.29, 1.82) is 0 Å². The van der Waals surface area contributed by atoms with E-state index in [1.54, 1.807) is 0 Å². The predicted octanol–water partition coefficient (Wildman–Crippen LogP) is 3.35. The third kappa shape index (κ3) is 3.66. The number of hydrogen-bond acceptors (Lipinski definition) is 3. The lowest BCUT2D eigenvalue weighted by atomic mass is 10.1. The Labute approximate surface area is 107 Å². The van der Waals surface area contributed by atoms with Crippen LogP contribution in [0.4, 0.5) is 22.0 Å². The molecule has 1 aromatic heterocycles. The Hall–Kier alpha value is -1.64. The van der Waals surface area contributed by atoms with E-state index < -0.39 is 47.2 Å². The number of aromatic nitrogens is 1. The van der Waals surface area contributed by atoms with Crippen LogP contribution in [0.1, 0.15) is 28.0 Å². The summed E-state index contributed by atoms with van der Waals surface area (Å²) in [4.78, 5) is 13.9. The first-order valence-corrected chi connectivity index (χ1v) is 5.05. The second kappa shape index (κ2) is 5.55. The fourth-order valence-corrected chi connectivity index (χ4v) is 1.58. The molecule has 0 aliphatic carbocycles. The summed E-state index contributed by atoms with van der Waals surface area (Å²) in [5, 5.41) is 8.70.